The van der Waals surface area contributed by atoms with Crippen molar-refractivity contribution in [1.29, 1.82) is 0 Å². The van der Waals surface area contributed by atoms with Crippen molar-refractivity contribution in [2.45, 2.75) is 32.5 Å². The molecule has 32 heavy (non-hydrogen) atoms. The lowest BCUT2D eigenvalue weighted by molar-refractivity contribution is -0.140. The highest BCUT2D eigenvalue weighted by molar-refractivity contribution is 5.88. The number of amides is 2. The highest BCUT2D eigenvalue weighted by Crippen LogP contribution is 2.17. The van der Waals surface area contributed by atoms with Gasteiger partial charge in [0, 0.05) is 52.4 Å². The Morgan fingerprint density at radius 2 is 1.75 bits per heavy atom. The van der Waals surface area contributed by atoms with Crippen molar-refractivity contribution < 1.29 is 14.0 Å². The van der Waals surface area contributed by atoms with E-state index >= 15 is 0 Å². The molecule has 2 saturated heterocycles. The molecule has 1 atom stereocenters. The molecule has 2 aromatic carbocycles. The summed E-state index contributed by atoms with van der Waals surface area (Å²) in [6.07, 6.45) is 0.196. The Bertz CT molecular complexity index is 941. The number of hydrogen-bond donors (Lipinski definition) is 1. The molecule has 4 rings (SSSR count). The zero-order chi connectivity index (χ0) is 22.5. The van der Waals surface area contributed by atoms with Crippen molar-refractivity contribution in [3.63, 3.8) is 0 Å². The molecule has 6 nitrogen and oxygen atoms in total. The van der Waals surface area contributed by atoms with Gasteiger partial charge >= 0.3 is 0 Å². The van der Waals surface area contributed by atoms with Crippen LogP contribution in [0.15, 0.2) is 48.5 Å². The van der Waals surface area contributed by atoms with Gasteiger partial charge in [-0.1, -0.05) is 42.0 Å². The minimum Gasteiger partial charge on any atom is -0.353 e. The highest BCUT2D eigenvalue weighted by atomic mass is 19.1. The Hall–Kier alpha value is -2.77. The fourth-order valence-electron chi connectivity index (χ4n) is 4.44. The first-order valence-corrected chi connectivity index (χ1v) is 11.3. The van der Waals surface area contributed by atoms with Crippen LogP contribution in [0.4, 0.5) is 4.39 Å². The second kappa shape index (κ2) is 10.2. The van der Waals surface area contributed by atoms with Crippen LogP contribution in [0.1, 0.15) is 23.1 Å². The number of halogens is 1. The summed E-state index contributed by atoms with van der Waals surface area (Å²) in [6.45, 7) is 7.46. The maximum absolute atomic E-state index is 13.4. The second-order valence-electron chi connectivity index (χ2n) is 8.75. The second-order valence-corrected chi connectivity index (χ2v) is 8.75. The summed E-state index contributed by atoms with van der Waals surface area (Å²) in [6, 6.07) is 14.5. The first-order valence-electron chi connectivity index (χ1n) is 11.3. The predicted molar refractivity (Wildman–Crippen MR) is 121 cm³/mol. The van der Waals surface area contributed by atoms with Crippen LogP contribution >= 0.6 is 0 Å². The minimum absolute atomic E-state index is 0.0198. The van der Waals surface area contributed by atoms with Crippen LogP contribution in [-0.4, -0.2) is 71.8 Å². The van der Waals surface area contributed by atoms with Gasteiger partial charge in [-0.05, 0) is 30.2 Å². The van der Waals surface area contributed by atoms with Crippen LogP contribution in [0.3, 0.4) is 0 Å². The third-order valence-corrected chi connectivity index (χ3v) is 6.34. The van der Waals surface area contributed by atoms with Gasteiger partial charge in [0.1, 0.15) is 5.82 Å². The smallest absolute Gasteiger partial charge is 0.237 e. The summed E-state index contributed by atoms with van der Waals surface area (Å²) in [5.74, 6) is -0.273. The number of rotatable bonds is 6. The fourth-order valence-corrected chi connectivity index (χ4v) is 4.44. The van der Waals surface area contributed by atoms with Crippen LogP contribution in [0.25, 0.3) is 0 Å². The van der Waals surface area contributed by atoms with Gasteiger partial charge in [0.25, 0.3) is 0 Å². The van der Waals surface area contributed by atoms with E-state index in [1.165, 1.54) is 11.6 Å². The van der Waals surface area contributed by atoms with E-state index in [-0.39, 0.29) is 24.1 Å². The van der Waals surface area contributed by atoms with E-state index in [4.69, 9.17) is 0 Å². The maximum Gasteiger partial charge on any atom is 0.237 e. The third-order valence-electron chi connectivity index (χ3n) is 6.34. The molecule has 1 unspecified atom stereocenters. The van der Waals surface area contributed by atoms with E-state index in [1.54, 1.807) is 12.1 Å². The van der Waals surface area contributed by atoms with E-state index < -0.39 is 6.04 Å². The molecule has 0 spiro atoms. The predicted octanol–water partition coefficient (Wildman–Crippen LogP) is 2.17. The summed E-state index contributed by atoms with van der Waals surface area (Å²) >= 11 is 0. The lowest BCUT2D eigenvalue weighted by Gasteiger charge is -2.38. The summed E-state index contributed by atoms with van der Waals surface area (Å²) in [5, 5.41) is 2.91. The van der Waals surface area contributed by atoms with Gasteiger partial charge < -0.3 is 10.2 Å². The standard InChI is InChI=1S/C25H31FN4O2/c1-19-5-7-20(8-6-19)18-30-10-9-27-25(32)23(30)16-24(31)29-13-11-28(12-14-29)17-21-3-2-4-22(26)15-21/h2-8,15,23H,9-14,16-18H2,1H3,(H,27,32). The molecular formula is C25H31FN4O2. The monoisotopic (exact) mass is 438 g/mol. The quantitative estimate of drug-likeness (QED) is 0.751. The van der Waals surface area contributed by atoms with Crippen LogP contribution in [0.5, 0.6) is 0 Å². The van der Waals surface area contributed by atoms with Crippen molar-refractivity contribution in [2.75, 3.05) is 39.3 Å². The Balaban J connectivity index is 1.31. The zero-order valence-corrected chi connectivity index (χ0v) is 18.6. The summed E-state index contributed by atoms with van der Waals surface area (Å²) in [7, 11) is 0. The number of carbonyl (C=O) groups excluding carboxylic acids is 2. The third kappa shape index (κ3) is 5.72. The molecule has 0 aromatic heterocycles. The molecule has 2 aliphatic rings. The topological polar surface area (TPSA) is 55.9 Å². The molecular weight excluding hydrogens is 407 g/mol. The first-order chi connectivity index (χ1) is 15.5. The maximum atomic E-state index is 13.4. The van der Waals surface area contributed by atoms with Crippen LogP contribution in [0.2, 0.25) is 0 Å². The number of piperazine rings is 2. The molecule has 0 saturated carbocycles. The largest absolute Gasteiger partial charge is 0.353 e. The van der Waals surface area contributed by atoms with E-state index in [1.807, 2.05) is 11.0 Å². The first kappa shape index (κ1) is 22.4. The van der Waals surface area contributed by atoms with Crippen LogP contribution < -0.4 is 5.32 Å². The summed E-state index contributed by atoms with van der Waals surface area (Å²) < 4.78 is 13.4. The van der Waals surface area contributed by atoms with Gasteiger partial charge in [0.2, 0.25) is 11.8 Å². The minimum atomic E-state index is -0.442. The van der Waals surface area contributed by atoms with Crippen LogP contribution in [0, 0.1) is 12.7 Å². The van der Waals surface area contributed by atoms with E-state index in [0.717, 1.165) is 30.8 Å². The summed E-state index contributed by atoms with van der Waals surface area (Å²) in [4.78, 5) is 31.8. The molecule has 0 radical (unpaired) electrons. The Morgan fingerprint density at radius 3 is 2.47 bits per heavy atom. The number of nitrogens with one attached hydrogen (secondary N) is 1. The number of aryl methyl sites for hydroxylation is 1. The lowest BCUT2D eigenvalue weighted by atomic mass is 10.1. The molecule has 1 N–H and O–H groups in total. The number of hydrogen-bond acceptors (Lipinski definition) is 4. The van der Waals surface area contributed by atoms with Crippen LogP contribution in [-0.2, 0) is 22.7 Å². The van der Waals surface area contributed by atoms with Crippen molar-refractivity contribution in [3.8, 4) is 0 Å². The number of carbonyl (C=O) groups is 2. The SMILES string of the molecule is Cc1ccc(CN2CCNC(=O)C2CC(=O)N2CCN(Cc3cccc(F)c3)CC2)cc1. The van der Waals surface area contributed by atoms with Gasteiger partial charge in [-0.3, -0.25) is 19.4 Å². The lowest BCUT2D eigenvalue weighted by Crippen LogP contribution is -2.57. The van der Waals surface area contributed by atoms with E-state index in [0.29, 0.717) is 32.7 Å². The van der Waals surface area contributed by atoms with Gasteiger partial charge in [0.05, 0.1) is 12.5 Å². The Labute approximate surface area is 189 Å². The van der Waals surface area contributed by atoms with Crippen molar-refractivity contribution in [2.24, 2.45) is 0 Å². The van der Waals surface area contributed by atoms with E-state index in [9.17, 15) is 14.0 Å². The van der Waals surface area contributed by atoms with Gasteiger partial charge in [-0.2, -0.15) is 0 Å². The molecule has 2 aliphatic heterocycles. The number of nitrogens with zero attached hydrogens (tertiary/aromatic N) is 3. The average molecular weight is 439 g/mol. The highest BCUT2D eigenvalue weighted by Gasteiger charge is 2.33. The Morgan fingerprint density at radius 1 is 1.00 bits per heavy atom. The normalized spacial score (nSPS) is 20.2. The molecule has 0 aliphatic carbocycles. The molecule has 2 fully saturated rings. The zero-order valence-electron chi connectivity index (χ0n) is 18.6. The Kier molecular flexibility index (Phi) is 7.17. The molecule has 2 heterocycles. The van der Waals surface area contributed by atoms with Crippen molar-refractivity contribution >= 4 is 11.8 Å². The average Bonchev–Trinajstić information content (AvgIpc) is 2.78. The van der Waals surface area contributed by atoms with Gasteiger partial charge in [-0.15, -0.1) is 0 Å². The van der Waals surface area contributed by atoms with E-state index in [2.05, 4.69) is 46.3 Å². The summed E-state index contributed by atoms with van der Waals surface area (Å²) in [5.41, 5.74) is 3.29. The van der Waals surface area contributed by atoms with Crippen molar-refractivity contribution in [1.82, 2.24) is 20.0 Å². The van der Waals surface area contributed by atoms with Crippen molar-refractivity contribution in [3.05, 3.63) is 71.0 Å². The molecule has 2 aromatic rings. The van der Waals surface area contributed by atoms with Gasteiger partial charge in [-0.25, -0.2) is 4.39 Å². The molecule has 0 bridgehead atoms. The molecule has 7 heteroatoms. The number of benzene rings is 2. The molecule has 170 valence electrons. The van der Waals surface area contributed by atoms with Gasteiger partial charge in [0.15, 0.2) is 0 Å². The molecule has 2 amide bonds. The fraction of sp³-hybridized carbons (Fsp3) is 0.440.